The van der Waals surface area contributed by atoms with Crippen LogP contribution in [0.4, 0.5) is 0 Å². The molecule has 0 atom stereocenters. The first-order valence-electron chi connectivity index (χ1n) is 5.94. The third kappa shape index (κ3) is 3.67. The summed E-state index contributed by atoms with van der Waals surface area (Å²) in [4.78, 5) is 35.5. The molecule has 0 fully saturated rings. The van der Waals surface area contributed by atoms with Gasteiger partial charge >= 0.3 is 5.97 Å². The van der Waals surface area contributed by atoms with Crippen molar-refractivity contribution in [1.29, 1.82) is 0 Å². The number of carbonyl (C=O) groups excluding carboxylic acids is 3. The third-order valence-electron chi connectivity index (χ3n) is 2.58. The van der Waals surface area contributed by atoms with Crippen molar-refractivity contribution in [3.8, 4) is 0 Å². The van der Waals surface area contributed by atoms with Crippen molar-refractivity contribution in [2.45, 2.75) is 0 Å². The normalized spacial score (nSPS) is 9.76. The first kappa shape index (κ1) is 14.7. The number of thiophene rings is 1. The molecule has 2 rings (SSSR count). The Hall–Kier alpha value is -2.67. The maximum absolute atomic E-state index is 11.9. The summed E-state index contributed by atoms with van der Waals surface area (Å²) in [6.45, 7) is 0. The molecule has 0 saturated heterocycles. The molecule has 21 heavy (non-hydrogen) atoms. The Bertz CT molecular complexity index is 667. The lowest BCUT2D eigenvalue weighted by Crippen LogP contribution is -2.41. The average Bonchev–Trinajstić information content (AvgIpc) is 3.06. The molecule has 108 valence electrons. The number of ether oxygens (including phenoxy) is 1. The second-order valence-electron chi connectivity index (χ2n) is 3.96. The van der Waals surface area contributed by atoms with Crippen LogP contribution < -0.4 is 10.9 Å². The van der Waals surface area contributed by atoms with Crippen LogP contribution in [0.3, 0.4) is 0 Å². The highest BCUT2D eigenvalue weighted by Crippen LogP contribution is 2.08. The zero-order valence-corrected chi connectivity index (χ0v) is 11.9. The minimum Gasteiger partial charge on any atom is -0.465 e. The Labute approximate surface area is 124 Å². The van der Waals surface area contributed by atoms with Gasteiger partial charge in [0.15, 0.2) is 0 Å². The van der Waals surface area contributed by atoms with Crippen molar-refractivity contribution in [1.82, 2.24) is 10.9 Å². The van der Waals surface area contributed by atoms with Crippen LogP contribution in [-0.2, 0) is 4.74 Å². The van der Waals surface area contributed by atoms with Gasteiger partial charge in [0, 0.05) is 5.56 Å². The Kier molecular flexibility index (Phi) is 4.68. The predicted molar refractivity (Wildman–Crippen MR) is 77.0 cm³/mol. The summed E-state index contributed by atoms with van der Waals surface area (Å²) in [5.41, 5.74) is 5.09. The van der Waals surface area contributed by atoms with E-state index in [1.165, 1.54) is 36.6 Å². The van der Waals surface area contributed by atoms with Crippen molar-refractivity contribution in [3.05, 3.63) is 57.8 Å². The molecular weight excluding hydrogens is 292 g/mol. The average molecular weight is 304 g/mol. The number of esters is 1. The number of carbonyl (C=O) groups is 3. The van der Waals surface area contributed by atoms with Gasteiger partial charge in [0.2, 0.25) is 0 Å². The number of methoxy groups -OCH3 is 1. The first-order valence-corrected chi connectivity index (χ1v) is 6.82. The maximum atomic E-state index is 11.9. The second-order valence-corrected chi connectivity index (χ2v) is 4.91. The second kappa shape index (κ2) is 6.67. The number of hydrazine groups is 1. The maximum Gasteiger partial charge on any atom is 0.337 e. The van der Waals surface area contributed by atoms with Crippen molar-refractivity contribution < 1.29 is 19.1 Å². The van der Waals surface area contributed by atoms with Crippen molar-refractivity contribution in [3.63, 3.8) is 0 Å². The van der Waals surface area contributed by atoms with Gasteiger partial charge in [0.25, 0.3) is 11.8 Å². The number of benzene rings is 1. The topological polar surface area (TPSA) is 84.5 Å². The molecule has 0 saturated carbocycles. The molecule has 2 N–H and O–H groups in total. The van der Waals surface area contributed by atoms with E-state index in [9.17, 15) is 14.4 Å². The summed E-state index contributed by atoms with van der Waals surface area (Å²) in [7, 11) is 1.26. The van der Waals surface area contributed by atoms with Crippen LogP contribution in [0.15, 0.2) is 41.8 Å². The summed E-state index contributed by atoms with van der Waals surface area (Å²) in [5, 5.41) is 1.76. The van der Waals surface area contributed by atoms with Gasteiger partial charge in [-0.3, -0.25) is 20.4 Å². The van der Waals surface area contributed by atoms with Crippen LogP contribution in [0.1, 0.15) is 30.4 Å². The predicted octanol–water partition coefficient (Wildman–Crippen LogP) is 1.61. The van der Waals surface area contributed by atoms with Crippen LogP contribution in [0.5, 0.6) is 0 Å². The van der Waals surface area contributed by atoms with Gasteiger partial charge in [0.05, 0.1) is 17.6 Å². The molecule has 0 aliphatic heterocycles. The van der Waals surface area contributed by atoms with E-state index in [4.69, 9.17) is 0 Å². The van der Waals surface area contributed by atoms with Crippen LogP contribution >= 0.6 is 11.3 Å². The number of nitrogens with one attached hydrogen (secondary N) is 2. The molecule has 0 aliphatic carbocycles. The van der Waals surface area contributed by atoms with E-state index in [1.807, 2.05) is 0 Å². The smallest absolute Gasteiger partial charge is 0.337 e. The minimum atomic E-state index is -0.535. The molecule has 0 aliphatic rings. The molecule has 0 spiro atoms. The van der Waals surface area contributed by atoms with Crippen LogP contribution in [0.2, 0.25) is 0 Å². The molecule has 0 bridgehead atoms. The Balaban J connectivity index is 2.00. The summed E-state index contributed by atoms with van der Waals surface area (Å²) >= 11 is 1.26. The van der Waals surface area contributed by atoms with Crippen molar-refractivity contribution in [2.24, 2.45) is 0 Å². The Morgan fingerprint density at radius 3 is 2.38 bits per heavy atom. The molecule has 1 aromatic heterocycles. The lowest BCUT2D eigenvalue weighted by molar-refractivity contribution is 0.0600. The Morgan fingerprint density at radius 1 is 1.00 bits per heavy atom. The highest BCUT2D eigenvalue weighted by atomic mass is 32.1. The summed E-state index contributed by atoms with van der Waals surface area (Å²) in [6.07, 6.45) is 0. The monoisotopic (exact) mass is 304 g/mol. The number of hydrogen-bond donors (Lipinski definition) is 2. The largest absolute Gasteiger partial charge is 0.465 e. The van der Waals surface area contributed by atoms with Gasteiger partial charge in [-0.2, -0.15) is 0 Å². The van der Waals surface area contributed by atoms with Gasteiger partial charge < -0.3 is 4.74 Å². The van der Waals surface area contributed by atoms with E-state index in [1.54, 1.807) is 23.6 Å². The van der Waals surface area contributed by atoms with Gasteiger partial charge in [-0.15, -0.1) is 11.3 Å². The van der Waals surface area contributed by atoms with E-state index in [2.05, 4.69) is 15.6 Å². The fourth-order valence-electron chi connectivity index (χ4n) is 1.56. The minimum absolute atomic E-state index is 0.240. The highest BCUT2D eigenvalue weighted by Gasteiger charge is 2.12. The van der Waals surface area contributed by atoms with Crippen LogP contribution in [-0.4, -0.2) is 24.9 Å². The quantitative estimate of drug-likeness (QED) is 0.666. The van der Waals surface area contributed by atoms with E-state index >= 15 is 0 Å². The molecular formula is C14H12N2O4S. The van der Waals surface area contributed by atoms with E-state index in [-0.39, 0.29) is 11.1 Å². The SMILES string of the molecule is COC(=O)c1cccc(C(=O)NNC(=O)c2cccs2)c1. The summed E-state index contributed by atoms with van der Waals surface area (Å²) in [6, 6.07) is 9.39. The van der Waals surface area contributed by atoms with Gasteiger partial charge in [-0.1, -0.05) is 12.1 Å². The van der Waals surface area contributed by atoms with Gasteiger partial charge in [0.1, 0.15) is 0 Å². The molecule has 6 nitrogen and oxygen atoms in total. The van der Waals surface area contributed by atoms with E-state index in [0.29, 0.717) is 4.88 Å². The van der Waals surface area contributed by atoms with Crippen LogP contribution in [0.25, 0.3) is 0 Å². The van der Waals surface area contributed by atoms with Crippen molar-refractivity contribution in [2.75, 3.05) is 7.11 Å². The number of rotatable bonds is 3. The molecule has 1 heterocycles. The Morgan fingerprint density at radius 2 is 1.71 bits per heavy atom. The lowest BCUT2D eigenvalue weighted by Gasteiger charge is -2.07. The molecule has 2 amide bonds. The standard InChI is InChI=1S/C14H12N2O4S/c1-20-14(19)10-5-2-4-9(8-10)12(17)15-16-13(18)11-6-3-7-21-11/h2-8H,1H3,(H,15,17)(H,16,18). The summed E-state index contributed by atoms with van der Waals surface area (Å²) < 4.78 is 4.58. The van der Waals surface area contributed by atoms with Crippen LogP contribution in [0, 0.1) is 0 Å². The lowest BCUT2D eigenvalue weighted by atomic mass is 10.1. The fraction of sp³-hybridized carbons (Fsp3) is 0.0714. The van der Waals surface area contributed by atoms with Gasteiger partial charge in [-0.05, 0) is 29.6 Å². The van der Waals surface area contributed by atoms with E-state index < -0.39 is 17.8 Å². The highest BCUT2D eigenvalue weighted by molar-refractivity contribution is 7.12. The number of hydrogen-bond acceptors (Lipinski definition) is 5. The molecule has 7 heteroatoms. The third-order valence-corrected chi connectivity index (χ3v) is 3.45. The molecule has 0 unspecified atom stereocenters. The van der Waals surface area contributed by atoms with Gasteiger partial charge in [-0.25, -0.2) is 4.79 Å². The van der Waals surface area contributed by atoms with Crippen molar-refractivity contribution >= 4 is 29.1 Å². The first-order chi connectivity index (χ1) is 10.1. The zero-order chi connectivity index (χ0) is 15.2. The fourth-order valence-corrected chi connectivity index (χ4v) is 2.18. The molecule has 2 aromatic rings. The molecule has 1 aromatic carbocycles. The number of amides is 2. The zero-order valence-electron chi connectivity index (χ0n) is 11.1. The summed E-state index contributed by atoms with van der Waals surface area (Å²) in [5.74, 6) is -1.46. The molecule has 0 radical (unpaired) electrons. The van der Waals surface area contributed by atoms with E-state index in [0.717, 1.165) is 0 Å².